The average molecular weight is 238 g/mol. The van der Waals surface area contributed by atoms with Crippen LogP contribution in [0.15, 0.2) is 23.1 Å². The molecule has 0 atom stereocenters. The van der Waals surface area contributed by atoms with Gasteiger partial charge in [-0.1, -0.05) is 6.07 Å². The molecule has 1 rings (SSSR count). The van der Waals surface area contributed by atoms with Gasteiger partial charge in [0.25, 0.3) is 5.56 Å². The Morgan fingerprint density at radius 1 is 1.53 bits per heavy atom. The minimum Gasteiger partial charge on any atom is -0.469 e. The maximum atomic E-state index is 11.9. The molecule has 0 aliphatic heterocycles. The third-order valence-corrected chi connectivity index (χ3v) is 2.62. The van der Waals surface area contributed by atoms with Crippen LogP contribution in [0, 0.1) is 5.41 Å². The zero-order valence-corrected chi connectivity index (χ0v) is 10.4. The SMILES string of the molecule is COC(=O)C(C)(C)Cn1cccc(CN)c1=O. The van der Waals surface area contributed by atoms with Crippen molar-refractivity contribution in [1.82, 2.24) is 4.57 Å². The predicted molar refractivity (Wildman–Crippen MR) is 64.4 cm³/mol. The van der Waals surface area contributed by atoms with Gasteiger partial charge in [-0.3, -0.25) is 9.59 Å². The van der Waals surface area contributed by atoms with Crippen LogP contribution < -0.4 is 11.3 Å². The van der Waals surface area contributed by atoms with E-state index >= 15 is 0 Å². The number of hydrogen-bond acceptors (Lipinski definition) is 4. The van der Waals surface area contributed by atoms with E-state index in [-0.39, 0.29) is 24.6 Å². The summed E-state index contributed by atoms with van der Waals surface area (Å²) in [5, 5.41) is 0. The van der Waals surface area contributed by atoms with Gasteiger partial charge in [0, 0.05) is 24.8 Å². The Morgan fingerprint density at radius 3 is 2.71 bits per heavy atom. The first-order valence-corrected chi connectivity index (χ1v) is 5.39. The van der Waals surface area contributed by atoms with Crippen LogP contribution in [0.4, 0.5) is 0 Å². The molecule has 0 aliphatic carbocycles. The van der Waals surface area contributed by atoms with Crippen molar-refractivity contribution < 1.29 is 9.53 Å². The first-order chi connectivity index (χ1) is 7.92. The Kier molecular flexibility index (Phi) is 4.07. The molecule has 1 heterocycles. The standard InChI is InChI=1S/C12H18N2O3/c1-12(2,11(16)17-3)8-14-6-4-5-9(7-13)10(14)15/h4-6H,7-8,13H2,1-3H3. The monoisotopic (exact) mass is 238 g/mol. The fourth-order valence-corrected chi connectivity index (χ4v) is 1.63. The molecule has 0 unspecified atom stereocenters. The van der Waals surface area contributed by atoms with Gasteiger partial charge in [-0.05, 0) is 19.9 Å². The Morgan fingerprint density at radius 2 is 2.18 bits per heavy atom. The van der Waals surface area contributed by atoms with Crippen molar-refractivity contribution >= 4 is 5.97 Å². The van der Waals surface area contributed by atoms with Gasteiger partial charge >= 0.3 is 5.97 Å². The molecule has 1 aromatic heterocycles. The van der Waals surface area contributed by atoms with E-state index in [1.54, 1.807) is 32.2 Å². The fourth-order valence-electron chi connectivity index (χ4n) is 1.63. The fraction of sp³-hybridized carbons (Fsp3) is 0.500. The van der Waals surface area contributed by atoms with Crippen molar-refractivity contribution in [3.8, 4) is 0 Å². The van der Waals surface area contributed by atoms with Crippen LogP contribution in [0.5, 0.6) is 0 Å². The molecule has 0 aromatic carbocycles. The van der Waals surface area contributed by atoms with Crippen molar-refractivity contribution in [3.05, 3.63) is 34.2 Å². The highest BCUT2D eigenvalue weighted by atomic mass is 16.5. The molecule has 0 fully saturated rings. The van der Waals surface area contributed by atoms with Crippen LogP contribution in [-0.4, -0.2) is 17.6 Å². The second kappa shape index (κ2) is 5.14. The molecule has 0 amide bonds. The van der Waals surface area contributed by atoms with Crippen LogP contribution in [0.1, 0.15) is 19.4 Å². The molecular weight excluding hydrogens is 220 g/mol. The minimum absolute atomic E-state index is 0.160. The van der Waals surface area contributed by atoms with Crippen LogP contribution in [-0.2, 0) is 22.6 Å². The lowest BCUT2D eigenvalue weighted by Crippen LogP contribution is -2.35. The van der Waals surface area contributed by atoms with E-state index < -0.39 is 5.41 Å². The van der Waals surface area contributed by atoms with E-state index in [1.807, 2.05) is 0 Å². The van der Waals surface area contributed by atoms with Crippen molar-refractivity contribution in [2.24, 2.45) is 11.1 Å². The summed E-state index contributed by atoms with van der Waals surface area (Å²) in [4.78, 5) is 23.5. The van der Waals surface area contributed by atoms with Crippen molar-refractivity contribution in [2.45, 2.75) is 26.9 Å². The van der Waals surface area contributed by atoms with Crippen LogP contribution >= 0.6 is 0 Å². The second-order valence-electron chi connectivity index (χ2n) is 4.55. The molecule has 17 heavy (non-hydrogen) atoms. The summed E-state index contributed by atoms with van der Waals surface area (Å²) in [6.07, 6.45) is 1.65. The minimum atomic E-state index is -0.744. The summed E-state index contributed by atoms with van der Waals surface area (Å²) in [5.74, 6) is -0.345. The molecular formula is C12H18N2O3. The number of pyridine rings is 1. The third-order valence-electron chi connectivity index (χ3n) is 2.62. The number of nitrogens with zero attached hydrogens (tertiary/aromatic N) is 1. The number of carbonyl (C=O) groups excluding carboxylic acids is 1. The number of ether oxygens (including phenoxy) is 1. The van der Waals surface area contributed by atoms with Gasteiger partial charge in [0.15, 0.2) is 0 Å². The van der Waals surface area contributed by atoms with Gasteiger partial charge in [0.1, 0.15) is 0 Å². The number of nitrogens with two attached hydrogens (primary N) is 1. The summed E-state index contributed by atoms with van der Waals surface area (Å²) < 4.78 is 6.19. The first kappa shape index (κ1) is 13.4. The van der Waals surface area contributed by atoms with E-state index in [0.717, 1.165) is 0 Å². The zero-order chi connectivity index (χ0) is 13.1. The van der Waals surface area contributed by atoms with Gasteiger partial charge in [0.2, 0.25) is 0 Å². The zero-order valence-electron chi connectivity index (χ0n) is 10.4. The number of hydrogen-bond donors (Lipinski definition) is 1. The lowest BCUT2D eigenvalue weighted by molar-refractivity contribution is -0.151. The Balaban J connectivity index is 3.04. The highest BCUT2D eigenvalue weighted by Gasteiger charge is 2.29. The predicted octanol–water partition coefficient (Wildman–Crippen LogP) is 0.506. The number of aromatic nitrogens is 1. The van der Waals surface area contributed by atoms with E-state index in [4.69, 9.17) is 10.5 Å². The second-order valence-corrected chi connectivity index (χ2v) is 4.55. The van der Waals surface area contributed by atoms with Gasteiger partial charge < -0.3 is 15.0 Å². The van der Waals surface area contributed by atoms with Gasteiger partial charge in [-0.25, -0.2) is 0 Å². The number of carbonyl (C=O) groups is 1. The van der Waals surface area contributed by atoms with Crippen molar-refractivity contribution in [3.63, 3.8) is 0 Å². The summed E-state index contributed by atoms with van der Waals surface area (Å²) in [5.41, 5.74) is 5.10. The maximum Gasteiger partial charge on any atom is 0.313 e. The van der Waals surface area contributed by atoms with Crippen LogP contribution in [0.25, 0.3) is 0 Å². The van der Waals surface area contributed by atoms with Crippen LogP contribution in [0.2, 0.25) is 0 Å². The average Bonchev–Trinajstić information content (AvgIpc) is 2.30. The Bertz CT molecular complexity index is 463. The largest absolute Gasteiger partial charge is 0.469 e. The molecule has 1 aromatic rings. The maximum absolute atomic E-state index is 11.9. The summed E-state index contributed by atoms with van der Waals surface area (Å²) in [7, 11) is 1.34. The molecule has 5 heteroatoms. The van der Waals surface area contributed by atoms with Crippen LogP contribution in [0.3, 0.4) is 0 Å². The summed E-state index contributed by atoms with van der Waals surface area (Å²) >= 11 is 0. The molecule has 0 spiro atoms. The molecule has 5 nitrogen and oxygen atoms in total. The number of rotatable bonds is 4. The van der Waals surface area contributed by atoms with Crippen molar-refractivity contribution in [2.75, 3.05) is 7.11 Å². The van der Waals surface area contributed by atoms with Gasteiger partial charge in [0.05, 0.1) is 12.5 Å². The van der Waals surface area contributed by atoms with E-state index in [1.165, 1.54) is 11.7 Å². The lowest BCUT2D eigenvalue weighted by atomic mass is 9.93. The molecule has 2 N–H and O–H groups in total. The quantitative estimate of drug-likeness (QED) is 0.775. The first-order valence-electron chi connectivity index (χ1n) is 5.39. The highest BCUT2D eigenvalue weighted by Crippen LogP contribution is 2.18. The molecule has 0 radical (unpaired) electrons. The summed E-state index contributed by atoms with van der Waals surface area (Å²) in [6, 6.07) is 3.43. The Hall–Kier alpha value is -1.62. The van der Waals surface area contributed by atoms with Gasteiger partial charge in [-0.2, -0.15) is 0 Å². The van der Waals surface area contributed by atoms with E-state index in [0.29, 0.717) is 5.56 Å². The van der Waals surface area contributed by atoms with Gasteiger partial charge in [-0.15, -0.1) is 0 Å². The smallest absolute Gasteiger partial charge is 0.313 e. The highest BCUT2D eigenvalue weighted by molar-refractivity contribution is 5.75. The molecule has 0 saturated heterocycles. The van der Waals surface area contributed by atoms with E-state index in [2.05, 4.69) is 0 Å². The Labute approximate surface area is 100 Å². The topological polar surface area (TPSA) is 74.3 Å². The normalized spacial score (nSPS) is 11.3. The summed E-state index contributed by atoms with van der Waals surface area (Å²) in [6.45, 7) is 3.94. The molecule has 0 bridgehead atoms. The molecule has 94 valence electrons. The number of methoxy groups -OCH3 is 1. The van der Waals surface area contributed by atoms with E-state index in [9.17, 15) is 9.59 Å². The lowest BCUT2D eigenvalue weighted by Gasteiger charge is -2.22. The molecule has 0 aliphatic rings. The van der Waals surface area contributed by atoms with Crippen molar-refractivity contribution in [1.29, 1.82) is 0 Å². The molecule has 0 saturated carbocycles. The third kappa shape index (κ3) is 2.94. The number of esters is 1.